The molecule has 0 fully saturated rings. The Morgan fingerprint density at radius 2 is 1.84 bits per heavy atom. The normalized spacial score (nSPS) is 11.7. The molecule has 2 N–H and O–H groups in total. The molecule has 150 valence electrons. The third kappa shape index (κ3) is 3.29. The van der Waals surface area contributed by atoms with Crippen molar-refractivity contribution in [3.63, 3.8) is 0 Å². The molecule has 31 heavy (non-hydrogen) atoms. The number of hydrogen-bond acceptors (Lipinski definition) is 8. The molecule has 1 aliphatic rings. The average Bonchev–Trinajstić information content (AvgIpc) is 3.40. The van der Waals surface area contributed by atoms with E-state index in [1.54, 1.807) is 42.5 Å². The van der Waals surface area contributed by atoms with Gasteiger partial charge in [-0.2, -0.15) is 20.1 Å². The fourth-order valence-electron chi connectivity index (χ4n) is 3.19. The van der Waals surface area contributed by atoms with Gasteiger partial charge in [0.15, 0.2) is 28.8 Å². The molecule has 0 atom stereocenters. The van der Waals surface area contributed by atoms with Gasteiger partial charge in [0.25, 0.3) is 0 Å². The van der Waals surface area contributed by atoms with Crippen molar-refractivity contribution in [1.82, 2.24) is 14.6 Å². The molecule has 0 radical (unpaired) electrons. The van der Waals surface area contributed by atoms with Gasteiger partial charge in [-0.15, -0.1) is 0 Å². The molecule has 10 heteroatoms. The monoisotopic (exact) mass is 429 g/mol. The van der Waals surface area contributed by atoms with Crippen LogP contribution in [-0.2, 0) is 0 Å². The molecule has 0 spiro atoms. The fourth-order valence-corrected chi connectivity index (χ4v) is 3.36. The molecule has 2 aromatic carbocycles. The van der Waals surface area contributed by atoms with Crippen LogP contribution in [0.25, 0.3) is 5.65 Å². The van der Waals surface area contributed by atoms with Gasteiger partial charge in [-0.1, -0.05) is 17.7 Å². The van der Waals surface area contributed by atoms with Crippen molar-refractivity contribution in [1.29, 1.82) is 10.5 Å². The van der Waals surface area contributed by atoms with Crippen LogP contribution in [-0.4, -0.2) is 21.4 Å². The number of nitrogens with one attached hydrogen (secondary N) is 2. The smallest absolute Gasteiger partial charge is 0.231 e. The number of nitrogens with zero attached hydrogens (tertiary/aromatic N) is 5. The Morgan fingerprint density at radius 3 is 2.68 bits per heavy atom. The molecule has 5 rings (SSSR count). The quantitative estimate of drug-likeness (QED) is 0.491. The van der Waals surface area contributed by atoms with Gasteiger partial charge in [0.2, 0.25) is 6.79 Å². The van der Waals surface area contributed by atoms with E-state index in [2.05, 4.69) is 32.9 Å². The summed E-state index contributed by atoms with van der Waals surface area (Å²) in [5.41, 5.74) is 2.33. The highest BCUT2D eigenvalue weighted by atomic mass is 35.5. The molecule has 4 aromatic rings. The SMILES string of the molecule is N#Cc1cccc(Nc2c(C#N)c(Nc3ccc4c(c3)OCO4)nc3c(Cl)cnn23)c1. The van der Waals surface area contributed by atoms with Gasteiger partial charge in [0.05, 0.1) is 17.8 Å². The third-order valence-corrected chi connectivity index (χ3v) is 4.87. The van der Waals surface area contributed by atoms with Crippen molar-refractivity contribution in [2.75, 3.05) is 17.4 Å². The van der Waals surface area contributed by atoms with Crippen molar-refractivity contribution in [3.05, 3.63) is 64.8 Å². The van der Waals surface area contributed by atoms with E-state index in [4.69, 9.17) is 21.1 Å². The van der Waals surface area contributed by atoms with E-state index in [0.717, 1.165) is 0 Å². The van der Waals surface area contributed by atoms with E-state index in [0.29, 0.717) is 44.9 Å². The maximum Gasteiger partial charge on any atom is 0.231 e. The maximum absolute atomic E-state index is 9.94. The molecular formula is C21H12ClN7O2. The molecule has 0 unspecified atom stereocenters. The van der Waals surface area contributed by atoms with Crippen LogP contribution >= 0.6 is 11.6 Å². The van der Waals surface area contributed by atoms with Crippen LogP contribution in [0.1, 0.15) is 11.1 Å². The topological polar surface area (TPSA) is 120 Å². The van der Waals surface area contributed by atoms with Gasteiger partial charge >= 0.3 is 0 Å². The summed E-state index contributed by atoms with van der Waals surface area (Å²) in [5, 5.41) is 30.0. The highest BCUT2D eigenvalue weighted by molar-refractivity contribution is 6.33. The molecule has 0 saturated heterocycles. The van der Waals surface area contributed by atoms with Crippen LogP contribution in [0.4, 0.5) is 23.0 Å². The van der Waals surface area contributed by atoms with Crippen molar-refractivity contribution in [2.24, 2.45) is 0 Å². The zero-order valence-electron chi connectivity index (χ0n) is 15.8. The highest BCUT2D eigenvalue weighted by Crippen LogP contribution is 2.36. The lowest BCUT2D eigenvalue weighted by atomic mass is 10.2. The first-order valence-electron chi connectivity index (χ1n) is 9.07. The number of halogens is 1. The molecule has 1 aliphatic heterocycles. The predicted octanol–water partition coefficient (Wildman–Crippen LogP) is 4.34. The zero-order valence-corrected chi connectivity index (χ0v) is 16.5. The Hall–Kier alpha value is -4.47. The van der Waals surface area contributed by atoms with Gasteiger partial charge in [0.1, 0.15) is 16.7 Å². The van der Waals surface area contributed by atoms with Crippen LogP contribution < -0.4 is 20.1 Å². The molecule has 0 amide bonds. The fraction of sp³-hybridized carbons (Fsp3) is 0.0476. The molecule has 3 heterocycles. The van der Waals surface area contributed by atoms with Crippen LogP contribution in [0.2, 0.25) is 5.02 Å². The van der Waals surface area contributed by atoms with E-state index in [1.165, 1.54) is 10.7 Å². The second kappa shape index (κ2) is 7.41. The number of fused-ring (bicyclic) bond motifs is 2. The van der Waals surface area contributed by atoms with Crippen LogP contribution in [0, 0.1) is 22.7 Å². The lowest BCUT2D eigenvalue weighted by molar-refractivity contribution is 0.174. The molecule has 0 aliphatic carbocycles. The van der Waals surface area contributed by atoms with E-state index < -0.39 is 0 Å². The lowest BCUT2D eigenvalue weighted by Gasteiger charge is -2.15. The first-order valence-corrected chi connectivity index (χ1v) is 9.45. The summed E-state index contributed by atoms with van der Waals surface area (Å²) >= 11 is 6.28. The van der Waals surface area contributed by atoms with Crippen molar-refractivity contribution < 1.29 is 9.47 Å². The van der Waals surface area contributed by atoms with Gasteiger partial charge in [-0.05, 0) is 30.3 Å². The van der Waals surface area contributed by atoms with Crippen LogP contribution in [0.3, 0.4) is 0 Å². The number of aromatic nitrogens is 3. The van der Waals surface area contributed by atoms with E-state index >= 15 is 0 Å². The molecule has 9 nitrogen and oxygen atoms in total. The average molecular weight is 430 g/mol. The van der Waals surface area contributed by atoms with Gasteiger partial charge < -0.3 is 20.1 Å². The Labute approximate surface area is 181 Å². The first-order chi connectivity index (χ1) is 15.2. The zero-order chi connectivity index (χ0) is 21.4. The standard InChI is InChI=1S/C21H12ClN7O2/c22-16-10-25-29-20(27-13-3-1-2-12(6-13)8-23)15(9-24)19(28-21(16)29)26-14-4-5-17-18(7-14)31-11-30-17/h1-7,10,27H,11H2,(H,26,28). The largest absolute Gasteiger partial charge is 0.454 e. The number of hydrogen-bond donors (Lipinski definition) is 2. The summed E-state index contributed by atoms with van der Waals surface area (Å²) in [6, 6.07) is 16.5. The summed E-state index contributed by atoms with van der Waals surface area (Å²) in [6.45, 7) is 0.160. The predicted molar refractivity (Wildman–Crippen MR) is 113 cm³/mol. The number of rotatable bonds is 4. The number of benzene rings is 2. The van der Waals surface area contributed by atoms with Gasteiger partial charge in [-0.3, -0.25) is 0 Å². The summed E-state index contributed by atoms with van der Waals surface area (Å²) in [5.74, 6) is 1.89. The summed E-state index contributed by atoms with van der Waals surface area (Å²) in [7, 11) is 0. The van der Waals surface area contributed by atoms with Crippen molar-refractivity contribution in [3.8, 4) is 23.6 Å². The van der Waals surface area contributed by atoms with E-state index in [1.807, 2.05) is 0 Å². The molecular weight excluding hydrogens is 418 g/mol. The third-order valence-electron chi connectivity index (χ3n) is 4.61. The Balaban J connectivity index is 1.62. The minimum atomic E-state index is 0.160. The summed E-state index contributed by atoms with van der Waals surface area (Å²) in [4.78, 5) is 4.50. The summed E-state index contributed by atoms with van der Waals surface area (Å²) < 4.78 is 12.2. The number of ether oxygens (including phenoxy) is 2. The minimum absolute atomic E-state index is 0.160. The summed E-state index contributed by atoms with van der Waals surface area (Å²) in [6.07, 6.45) is 1.45. The molecule has 0 bridgehead atoms. The minimum Gasteiger partial charge on any atom is -0.454 e. The van der Waals surface area contributed by atoms with Crippen LogP contribution in [0.5, 0.6) is 11.5 Å². The number of anilines is 4. The Bertz CT molecular complexity index is 1420. The van der Waals surface area contributed by atoms with Crippen molar-refractivity contribution in [2.45, 2.75) is 0 Å². The van der Waals surface area contributed by atoms with Crippen molar-refractivity contribution >= 4 is 40.3 Å². The Kier molecular flexibility index (Phi) is 4.43. The maximum atomic E-state index is 9.94. The second-order valence-electron chi connectivity index (χ2n) is 6.53. The van der Waals surface area contributed by atoms with Crippen LogP contribution in [0.15, 0.2) is 48.7 Å². The first kappa shape index (κ1) is 18.6. The van der Waals surface area contributed by atoms with E-state index in [9.17, 15) is 10.5 Å². The Morgan fingerprint density at radius 1 is 1.00 bits per heavy atom. The second-order valence-corrected chi connectivity index (χ2v) is 6.94. The molecule has 0 saturated carbocycles. The lowest BCUT2D eigenvalue weighted by Crippen LogP contribution is -2.08. The van der Waals surface area contributed by atoms with Gasteiger partial charge in [-0.25, -0.2) is 4.98 Å². The number of nitriles is 2. The van der Waals surface area contributed by atoms with E-state index in [-0.39, 0.29) is 18.2 Å². The highest BCUT2D eigenvalue weighted by Gasteiger charge is 2.20. The molecule has 2 aromatic heterocycles. The van der Waals surface area contributed by atoms with Gasteiger partial charge in [0, 0.05) is 17.4 Å².